The van der Waals surface area contributed by atoms with Crippen molar-refractivity contribution in [2.75, 3.05) is 5.75 Å². The van der Waals surface area contributed by atoms with E-state index in [9.17, 15) is 4.79 Å². The average molecular weight is 496 g/mol. The molecule has 5 heterocycles. The lowest BCUT2D eigenvalue weighted by Crippen LogP contribution is -2.28. The van der Waals surface area contributed by atoms with Gasteiger partial charge in [-0.2, -0.15) is 5.10 Å². The van der Waals surface area contributed by atoms with Gasteiger partial charge in [0.1, 0.15) is 5.76 Å². The molecule has 1 atom stereocenters. The molecule has 33 heavy (non-hydrogen) atoms. The Hall–Kier alpha value is -2.95. The molecular formula is C23H21N5O2S3. The van der Waals surface area contributed by atoms with Gasteiger partial charge in [0.25, 0.3) is 5.91 Å². The highest BCUT2D eigenvalue weighted by molar-refractivity contribution is 7.99. The molecule has 0 aliphatic carbocycles. The minimum atomic E-state index is -0.0783. The zero-order chi connectivity index (χ0) is 22.8. The fourth-order valence-electron chi connectivity index (χ4n) is 3.73. The predicted octanol–water partition coefficient (Wildman–Crippen LogP) is 5.63. The molecule has 1 amide bonds. The fraction of sp³-hybridized carbons (Fsp3) is 0.217. The van der Waals surface area contributed by atoms with E-state index in [-0.39, 0.29) is 17.7 Å². The van der Waals surface area contributed by atoms with Crippen LogP contribution < -0.4 is 0 Å². The molecule has 0 aromatic carbocycles. The number of hydrogen-bond donors (Lipinski definition) is 0. The number of hydrazone groups is 1. The first-order valence-electron chi connectivity index (χ1n) is 10.3. The molecule has 5 rings (SSSR count). The zero-order valence-corrected chi connectivity index (χ0v) is 20.3. The van der Waals surface area contributed by atoms with E-state index in [1.54, 1.807) is 40.0 Å². The Morgan fingerprint density at radius 3 is 2.82 bits per heavy atom. The molecular weight excluding hydrogens is 474 g/mol. The van der Waals surface area contributed by atoms with E-state index in [1.165, 1.54) is 11.8 Å². The maximum atomic E-state index is 13.3. The largest absolute Gasteiger partial charge is 0.469 e. The molecule has 168 valence electrons. The van der Waals surface area contributed by atoms with Crippen LogP contribution in [0.2, 0.25) is 0 Å². The van der Waals surface area contributed by atoms with Crippen LogP contribution >= 0.6 is 34.4 Å². The Morgan fingerprint density at radius 1 is 1.27 bits per heavy atom. The number of rotatable bonds is 8. The van der Waals surface area contributed by atoms with Crippen LogP contribution in [0.1, 0.15) is 28.0 Å². The van der Waals surface area contributed by atoms with Crippen LogP contribution in [0.25, 0.3) is 11.4 Å². The van der Waals surface area contributed by atoms with Gasteiger partial charge in [0.05, 0.1) is 34.2 Å². The maximum absolute atomic E-state index is 13.3. The van der Waals surface area contributed by atoms with E-state index < -0.39 is 0 Å². The van der Waals surface area contributed by atoms with Gasteiger partial charge in [0, 0.05) is 17.8 Å². The monoisotopic (exact) mass is 495 g/mol. The number of allylic oxidation sites excluding steroid dienone is 1. The van der Waals surface area contributed by atoms with E-state index in [1.807, 2.05) is 40.5 Å². The van der Waals surface area contributed by atoms with Gasteiger partial charge in [-0.15, -0.1) is 39.4 Å². The molecule has 0 spiro atoms. The molecule has 1 aliphatic rings. The van der Waals surface area contributed by atoms with Crippen molar-refractivity contribution in [3.63, 3.8) is 0 Å². The van der Waals surface area contributed by atoms with E-state index >= 15 is 0 Å². The predicted molar refractivity (Wildman–Crippen MR) is 133 cm³/mol. The second kappa shape index (κ2) is 9.50. The summed E-state index contributed by atoms with van der Waals surface area (Å²) in [4.78, 5) is 15.5. The normalized spacial score (nSPS) is 15.7. The summed E-state index contributed by atoms with van der Waals surface area (Å²) in [6.07, 6.45) is 4.14. The Labute approximate surface area is 203 Å². The highest BCUT2D eigenvalue weighted by atomic mass is 32.2. The number of hydrogen-bond acceptors (Lipinski definition) is 8. The lowest BCUT2D eigenvalue weighted by Gasteiger charge is -2.20. The second-order valence-corrected chi connectivity index (χ2v) is 10.3. The summed E-state index contributed by atoms with van der Waals surface area (Å²) in [6.45, 7) is 6.27. The number of thioether (sulfide) groups is 1. The lowest BCUT2D eigenvalue weighted by molar-refractivity contribution is -0.130. The van der Waals surface area contributed by atoms with Gasteiger partial charge in [-0.3, -0.25) is 9.36 Å². The Bertz CT molecular complexity index is 1290. The van der Waals surface area contributed by atoms with Crippen LogP contribution in [-0.4, -0.2) is 37.1 Å². The smallest absolute Gasteiger partial charge is 0.253 e. The standard InChI is InChI=1S/C23H21N5O2S3/c1-3-9-27-22(16-8-10-30-15(16)2)24-25-23(27)33-14-21(29)28-18(20-7-5-12-32-20)13-17(26-28)19-6-4-11-31-19/h3-8,10-12,18H,1,9,13-14H2,2H3/t18-/m0/s1. The molecule has 0 saturated heterocycles. The van der Waals surface area contributed by atoms with Crippen molar-refractivity contribution in [3.05, 3.63) is 75.5 Å². The summed E-state index contributed by atoms with van der Waals surface area (Å²) in [5.74, 6) is 1.63. The first kappa shape index (κ1) is 21.9. The number of amides is 1. The van der Waals surface area contributed by atoms with Crippen molar-refractivity contribution in [1.82, 2.24) is 19.8 Å². The minimum Gasteiger partial charge on any atom is -0.469 e. The molecule has 0 saturated carbocycles. The second-order valence-electron chi connectivity index (χ2n) is 7.38. The summed E-state index contributed by atoms with van der Waals surface area (Å²) in [5.41, 5.74) is 1.83. The van der Waals surface area contributed by atoms with Crippen molar-refractivity contribution in [2.24, 2.45) is 5.10 Å². The molecule has 7 nitrogen and oxygen atoms in total. The van der Waals surface area contributed by atoms with Gasteiger partial charge in [0.2, 0.25) is 0 Å². The van der Waals surface area contributed by atoms with Crippen LogP contribution in [0.3, 0.4) is 0 Å². The van der Waals surface area contributed by atoms with Gasteiger partial charge in [0.15, 0.2) is 11.0 Å². The van der Waals surface area contributed by atoms with Crippen molar-refractivity contribution in [2.45, 2.75) is 31.1 Å². The number of furan rings is 1. The third-order valence-corrected chi connectivity index (χ3v) is 8.14. The van der Waals surface area contributed by atoms with Crippen molar-refractivity contribution >= 4 is 46.1 Å². The van der Waals surface area contributed by atoms with Gasteiger partial charge >= 0.3 is 0 Å². The molecule has 0 unspecified atom stereocenters. The van der Waals surface area contributed by atoms with Crippen LogP contribution in [0.15, 0.2) is 74.7 Å². The number of aromatic nitrogens is 3. The van der Waals surface area contributed by atoms with Crippen molar-refractivity contribution < 1.29 is 9.21 Å². The van der Waals surface area contributed by atoms with Crippen LogP contribution in [0, 0.1) is 6.92 Å². The highest BCUT2D eigenvalue weighted by Crippen LogP contribution is 2.36. The number of carbonyl (C=O) groups is 1. The van der Waals surface area contributed by atoms with Crippen molar-refractivity contribution in [3.8, 4) is 11.4 Å². The Morgan fingerprint density at radius 2 is 2.12 bits per heavy atom. The van der Waals surface area contributed by atoms with Crippen LogP contribution in [-0.2, 0) is 11.3 Å². The summed E-state index contributed by atoms with van der Waals surface area (Å²) in [6, 6.07) is 9.93. The summed E-state index contributed by atoms with van der Waals surface area (Å²) in [7, 11) is 0. The molecule has 0 radical (unpaired) electrons. The zero-order valence-electron chi connectivity index (χ0n) is 17.9. The summed E-state index contributed by atoms with van der Waals surface area (Å²) in [5, 5.41) is 19.8. The van der Waals surface area contributed by atoms with Gasteiger partial charge in [-0.05, 0) is 35.9 Å². The molecule has 10 heteroatoms. The molecule has 4 aromatic heterocycles. The van der Waals surface area contributed by atoms with E-state index in [0.717, 1.165) is 26.8 Å². The number of carbonyl (C=O) groups excluding carboxylic acids is 1. The lowest BCUT2D eigenvalue weighted by atomic mass is 10.1. The molecule has 0 N–H and O–H groups in total. The average Bonchev–Trinajstić information content (AvgIpc) is 3.63. The molecule has 0 fully saturated rings. The third-order valence-electron chi connectivity index (χ3n) is 5.30. The first-order valence-corrected chi connectivity index (χ1v) is 13.1. The van der Waals surface area contributed by atoms with E-state index in [2.05, 4.69) is 28.9 Å². The maximum Gasteiger partial charge on any atom is 0.253 e. The first-order chi connectivity index (χ1) is 16.2. The van der Waals surface area contributed by atoms with Crippen LogP contribution in [0.4, 0.5) is 0 Å². The number of nitrogens with zero attached hydrogens (tertiary/aromatic N) is 5. The summed E-state index contributed by atoms with van der Waals surface area (Å²) >= 11 is 4.65. The SMILES string of the molecule is C=CCn1c(SCC(=O)N2N=C(c3cccs3)C[C@H]2c2cccs2)nnc1-c1ccoc1C. The van der Waals surface area contributed by atoms with Crippen molar-refractivity contribution in [1.29, 1.82) is 0 Å². The summed E-state index contributed by atoms with van der Waals surface area (Å²) < 4.78 is 7.38. The van der Waals surface area contributed by atoms with Crippen LogP contribution in [0.5, 0.6) is 0 Å². The quantitative estimate of drug-likeness (QED) is 0.234. The van der Waals surface area contributed by atoms with E-state index in [4.69, 9.17) is 9.52 Å². The molecule has 1 aliphatic heterocycles. The van der Waals surface area contributed by atoms with Gasteiger partial charge < -0.3 is 4.42 Å². The highest BCUT2D eigenvalue weighted by Gasteiger charge is 2.34. The topological polar surface area (TPSA) is 76.5 Å². The number of aryl methyl sites for hydroxylation is 1. The Balaban J connectivity index is 1.37. The fourth-order valence-corrected chi connectivity index (χ4v) is 6.07. The van der Waals surface area contributed by atoms with Gasteiger partial charge in [-0.1, -0.05) is 30.0 Å². The Kier molecular flexibility index (Phi) is 6.30. The molecule has 0 bridgehead atoms. The van der Waals surface area contributed by atoms with Gasteiger partial charge in [-0.25, -0.2) is 5.01 Å². The molecule has 4 aromatic rings. The van der Waals surface area contributed by atoms with E-state index in [0.29, 0.717) is 23.9 Å². The third kappa shape index (κ3) is 4.33. The number of thiophene rings is 2. The minimum absolute atomic E-state index is 0.0563.